The topological polar surface area (TPSA) is 61.4 Å². The summed E-state index contributed by atoms with van der Waals surface area (Å²) in [6.45, 7) is 4.50. The van der Waals surface area contributed by atoms with Crippen molar-refractivity contribution < 1.29 is 9.59 Å². The third kappa shape index (κ3) is 2.77. The van der Waals surface area contributed by atoms with E-state index in [4.69, 9.17) is 0 Å². The molecule has 2 aliphatic heterocycles. The van der Waals surface area contributed by atoms with E-state index in [1.807, 2.05) is 6.92 Å². The molecule has 2 fully saturated rings. The number of nitrogens with zero attached hydrogens (tertiary/aromatic N) is 1. The van der Waals surface area contributed by atoms with Gasteiger partial charge in [0.1, 0.15) is 6.04 Å². The second-order valence-corrected chi connectivity index (χ2v) is 4.81. The van der Waals surface area contributed by atoms with Crippen LogP contribution < -0.4 is 10.6 Å². The number of nitrogens with one attached hydrogen (secondary N) is 2. The molecular weight excluding hydrogens is 218 g/mol. The molecule has 0 aromatic rings. The van der Waals surface area contributed by atoms with Crippen LogP contribution in [0.5, 0.6) is 0 Å². The molecule has 5 heteroatoms. The van der Waals surface area contributed by atoms with Crippen LogP contribution in [0, 0.1) is 0 Å². The Balaban J connectivity index is 1.92. The summed E-state index contributed by atoms with van der Waals surface area (Å²) in [6.07, 6.45) is 3.15. The molecule has 2 heterocycles. The SMILES string of the molecule is CCC(C(=O)NC1CCNC1)N1CCCC1=O. The number of hydrogen-bond donors (Lipinski definition) is 2. The van der Waals surface area contributed by atoms with E-state index < -0.39 is 0 Å². The lowest BCUT2D eigenvalue weighted by atomic mass is 10.1. The summed E-state index contributed by atoms with van der Waals surface area (Å²) < 4.78 is 0. The number of carbonyl (C=O) groups is 2. The quantitative estimate of drug-likeness (QED) is 0.718. The van der Waals surface area contributed by atoms with Crippen LogP contribution in [0.3, 0.4) is 0 Å². The molecule has 5 nitrogen and oxygen atoms in total. The van der Waals surface area contributed by atoms with Crippen LogP contribution in [0.15, 0.2) is 0 Å². The Labute approximate surface area is 102 Å². The lowest BCUT2D eigenvalue weighted by Gasteiger charge is -2.27. The largest absolute Gasteiger partial charge is 0.350 e. The highest BCUT2D eigenvalue weighted by Gasteiger charge is 2.32. The van der Waals surface area contributed by atoms with Gasteiger partial charge in [-0.05, 0) is 25.8 Å². The van der Waals surface area contributed by atoms with E-state index in [1.165, 1.54) is 0 Å². The fourth-order valence-electron chi connectivity index (χ4n) is 2.62. The van der Waals surface area contributed by atoms with Gasteiger partial charge in [0, 0.05) is 25.6 Å². The highest BCUT2D eigenvalue weighted by Crippen LogP contribution is 2.16. The number of rotatable bonds is 4. The molecule has 2 rings (SSSR count). The van der Waals surface area contributed by atoms with E-state index in [0.717, 1.165) is 32.5 Å². The fourth-order valence-corrected chi connectivity index (χ4v) is 2.62. The van der Waals surface area contributed by atoms with Gasteiger partial charge in [-0.2, -0.15) is 0 Å². The van der Waals surface area contributed by atoms with E-state index in [9.17, 15) is 9.59 Å². The highest BCUT2D eigenvalue weighted by molar-refractivity contribution is 5.88. The molecule has 2 atom stereocenters. The first-order valence-corrected chi connectivity index (χ1v) is 6.53. The van der Waals surface area contributed by atoms with Gasteiger partial charge in [0.05, 0.1) is 0 Å². The Morgan fingerprint density at radius 3 is 3.00 bits per heavy atom. The first kappa shape index (κ1) is 12.4. The van der Waals surface area contributed by atoms with Crippen LogP contribution in [0.1, 0.15) is 32.6 Å². The predicted molar refractivity (Wildman–Crippen MR) is 64.4 cm³/mol. The zero-order chi connectivity index (χ0) is 12.3. The molecule has 0 spiro atoms. The van der Waals surface area contributed by atoms with Crippen LogP contribution in [-0.4, -0.2) is 48.4 Å². The van der Waals surface area contributed by atoms with Crippen molar-refractivity contribution in [1.29, 1.82) is 0 Å². The van der Waals surface area contributed by atoms with Crippen LogP contribution >= 0.6 is 0 Å². The Bertz CT molecular complexity index is 300. The molecule has 0 aromatic carbocycles. The molecular formula is C12H21N3O2. The smallest absolute Gasteiger partial charge is 0.243 e. The molecule has 2 N–H and O–H groups in total. The predicted octanol–water partition coefficient (Wildman–Crippen LogP) is -0.134. The summed E-state index contributed by atoms with van der Waals surface area (Å²) in [5, 5.41) is 6.25. The Morgan fingerprint density at radius 2 is 2.47 bits per heavy atom. The summed E-state index contributed by atoms with van der Waals surface area (Å²) in [6, 6.07) is -0.0418. The van der Waals surface area contributed by atoms with Gasteiger partial charge in [0.25, 0.3) is 0 Å². The molecule has 0 saturated carbocycles. The summed E-state index contributed by atoms with van der Waals surface area (Å²) >= 11 is 0. The first-order chi connectivity index (χ1) is 8.22. The van der Waals surface area contributed by atoms with Gasteiger partial charge < -0.3 is 15.5 Å². The maximum Gasteiger partial charge on any atom is 0.243 e. The molecule has 0 radical (unpaired) electrons. The van der Waals surface area contributed by atoms with Crippen molar-refractivity contribution in [2.24, 2.45) is 0 Å². The van der Waals surface area contributed by atoms with Gasteiger partial charge in [-0.15, -0.1) is 0 Å². The first-order valence-electron chi connectivity index (χ1n) is 6.53. The average molecular weight is 239 g/mol. The molecule has 17 heavy (non-hydrogen) atoms. The van der Waals surface area contributed by atoms with E-state index in [-0.39, 0.29) is 23.9 Å². The Hall–Kier alpha value is -1.10. The molecule has 2 amide bonds. The van der Waals surface area contributed by atoms with Gasteiger partial charge in [-0.25, -0.2) is 0 Å². The third-order valence-electron chi connectivity index (χ3n) is 3.58. The van der Waals surface area contributed by atoms with E-state index >= 15 is 0 Å². The minimum atomic E-state index is -0.273. The second-order valence-electron chi connectivity index (χ2n) is 4.81. The molecule has 96 valence electrons. The van der Waals surface area contributed by atoms with Crippen molar-refractivity contribution in [1.82, 2.24) is 15.5 Å². The molecule has 2 saturated heterocycles. The van der Waals surface area contributed by atoms with Crippen molar-refractivity contribution in [3.8, 4) is 0 Å². The molecule has 2 unspecified atom stereocenters. The standard InChI is InChI=1S/C12H21N3O2/c1-2-10(15-7-3-4-11(15)16)12(17)14-9-5-6-13-8-9/h9-10,13H,2-8H2,1H3,(H,14,17). The van der Waals surface area contributed by atoms with E-state index in [0.29, 0.717) is 12.8 Å². The van der Waals surface area contributed by atoms with Crippen LogP contribution in [0.25, 0.3) is 0 Å². The van der Waals surface area contributed by atoms with Crippen molar-refractivity contribution in [3.05, 3.63) is 0 Å². The molecule has 2 aliphatic rings. The zero-order valence-electron chi connectivity index (χ0n) is 10.4. The van der Waals surface area contributed by atoms with Gasteiger partial charge >= 0.3 is 0 Å². The zero-order valence-corrected chi connectivity index (χ0v) is 10.4. The Kier molecular flexibility index (Phi) is 3.99. The summed E-state index contributed by atoms with van der Waals surface area (Å²) in [5.74, 6) is 0.132. The highest BCUT2D eigenvalue weighted by atomic mass is 16.2. The number of likely N-dealkylation sites (tertiary alicyclic amines) is 1. The molecule has 0 aliphatic carbocycles. The van der Waals surface area contributed by atoms with E-state index in [1.54, 1.807) is 4.90 Å². The summed E-state index contributed by atoms with van der Waals surface area (Å²) in [4.78, 5) is 25.5. The number of hydrogen-bond acceptors (Lipinski definition) is 3. The average Bonchev–Trinajstić information content (AvgIpc) is 2.92. The van der Waals surface area contributed by atoms with Crippen molar-refractivity contribution in [2.75, 3.05) is 19.6 Å². The number of carbonyl (C=O) groups excluding carboxylic acids is 2. The third-order valence-corrected chi connectivity index (χ3v) is 3.58. The minimum absolute atomic E-state index is 0.0106. The van der Waals surface area contributed by atoms with Gasteiger partial charge in [0.2, 0.25) is 11.8 Å². The van der Waals surface area contributed by atoms with Gasteiger partial charge in [-0.1, -0.05) is 6.92 Å². The number of amides is 2. The normalized spacial score (nSPS) is 26.3. The minimum Gasteiger partial charge on any atom is -0.350 e. The van der Waals surface area contributed by atoms with Crippen LogP contribution in [0.2, 0.25) is 0 Å². The van der Waals surface area contributed by atoms with Crippen LogP contribution in [0.4, 0.5) is 0 Å². The van der Waals surface area contributed by atoms with Crippen molar-refractivity contribution in [3.63, 3.8) is 0 Å². The van der Waals surface area contributed by atoms with Gasteiger partial charge in [-0.3, -0.25) is 9.59 Å². The molecule has 0 bridgehead atoms. The van der Waals surface area contributed by atoms with Gasteiger partial charge in [0.15, 0.2) is 0 Å². The van der Waals surface area contributed by atoms with Crippen molar-refractivity contribution >= 4 is 11.8 Å². The summed E-state index contributed by atoms with van der Waals surface area (Å²) in [7, 11) is 0. The lowest BCUT2D eigenvalue weighted by Crippen LogP contribution is -2.50. The monoisotopic (exact) mass is 239 g/mol. The molecule has 0 aromatic heterocycles. The second kappa shape index (κ2) is 5.49. The summed E-state index contributed by atoms with van der Waals surface area (Å²) in [5.41, 5.74) is 0. The lowest BCUT2D eigenvalue weighted by molar-refractivity contribution is -0.137. The maximum absolute atomic E-state index is 12.1. The maximum atomic E-state index is 12.1. The Morgan fingerprint density at radius 1 is 1.65 bits per heavy atom. The van der Waals surface area contributed by atoms with E-state index in [2.05, 4.69) is 10.6 Å². The van der Waals surface area contributed by atoms with Crippen LogP contribution in [-0.2, 0) is 9.59 Å². The fraction of sp³-hybridized carbons (Fsp3) is 0.833. The van der Waals surface area contributed by atoms with Crippen molar-refractivity contribution in [2.45, 2.75) is 44.7 Å².